The van der Waals surface area contributed by atoms with Crippen LogP contribution in [0, 0.1) is 0 Å². The number of hydrogen-bond acceptors (Lipinski definition) is 5. The van der Waals surface area contributed by atoms with Gasteiger partial charge in [-0.25, -0.2) is 5.48 Å². The maximum atomic E-state index is 12.4. The molecule has 1 aromatic heterocycles. The van der Waals surface area contributed by atoms with E-state index >= 15 is 0 Å². The third-order valence-electron chi connectivity index (χ3n) is 3.97. The van der Waals surface area contributed by atoms with Crippen LogP contribution in [0.2, 0.25) is 0 Å². The van der Waals surface area contributed by atoms with Crippen molar-refractivity contribution in [3.63, 3.8) is 0 Å². The van der Waals surface area contributed by atoms with Gasteiger partial charge in [0.15, 0.2) is 0 Å². The molecule has 2 aromatic carbocycles. The van der Waals surface area contributed by atoms with E-state index in [-0.39, 0.29) is 18.2 Å². The molecule has 0 fully saturated rings. The quantitative estimate of drug-likeness (QED) is 0.411. The van der Waals surface area contributed by atoms with Gasteiger partial charge in [-0.05, 0) is 42.0 Å². The van der Waals surface area contributed by atoms with Crippen LogP contribution in [0.15, 0.2) is 66.9 Å². The second-order valence-corrected chi connectivity index (χ2v) is 5.77. The molecular formula is C20H17N3O4. The molecule has 0 saturated carbocycles. The van der Waals surface area contributed by atoms with Crippen molar-refractivity contribution in [3.05, 3.63) is 83.6 Å². The summed E-state index contributed by atoms with van der Waals surface area (Å²) in [5.41, 5.74) is 4.14. The molecule has 0 spiro atoms. The number of aromatic nitrogens is 1. The lowest BCUT2D eigenvalue weighted by atomic mass is 10.1. The number of phenolic OH excluding ortho intramolecular Hbond substituents is 1. The Balaban J connectivity index is 1.69. The van der Waals surface area contributed by atoms with Crippen LogP contribution in [0.3, 0.4) is 0 Å². The van der Waals surface area contributed by atoms with Crippen molar-refractivity contribution in [2.45, 2.75) is 6.54 Å². The van der Waals surface area contributed by atoms with Crippen LogP contribution in [0.25, 0.3) is 11.3 Å². The summed E-state index contributed by atoms with van der Waals surface area (Å²) in [5.74, 6) is -0.792. The maximum absolute atomic E-state index is 12.4. The second kappa shape index (κ2) is 8.11. The summed E-state index contributed by atoms with van der Waals surface area (Å²) in [4.78, 5) is 27.9. The van der Waals surface area contributed by atoms with Gasteiger partial charge in [0, 0.05) is 29.4 Å². The number of para-hydroxylation sites is 1. The first kappa shape index (κ1) is 18.1. The van der Waals surface area contributed by atoms with E-state index in [1.807, 2.05) is 0 Å². The Hall–Kier alpha value is -3.71. The molecule has 0 saturated heterocycles. The number of rotatable bonds is 5. The average Bonchev–Trinajstić information content (AvgIpc) is 2.72. The number of nitrogens with zero attached hydrogens (tertiary/aromatic N) is 1. The largest absolute Gasteiger partial charge is 0.507 e. The molecule has 0 atom stereocenters. The van der Waals surface area contributed by atoms with Gasteiger partial charge in [-0.3, -0.25) is 19.8 Å². The predicted molar refractivity (Wildman–Crippen MR) is 98.2 cm³/mol. The zero-order chi connectivity index (χ0) is 19.2. The van der Waals surface area contributed by atoms with Crippen molar-refractivity contribution >= 4 is 11.8 Å². The van der Waals surface area contributed by atoms with Crippen LogP contribution in [0.5, 0.6) is 5.75 Å². The number of phenols is 1. The Morgan fingerprint density at radius 1 is 0.926 bits per heavy atom. The Morgan fingerprint density at radius 3 is 2.37 bits per heavy atom. The van der Waals surface area contributed by atoms with Crippen LogP contribution < -0.4 is 10.8 Å². The molecule has 0 unspecified atom stereocenters. The number of pyridine rings is 1. The van der Waals surface area contributed by atoms with E-state index in [1.54, 1.807) is 66.1 Å². The van der Waals surface area contributed by atoms with Gasteiger partial charge in [-0.1, -0.05) is 24.3 Å². The topological polar surface area (TPSA) is 112 Å². The normalized spacial score (nSPS) is 10.3. The summed E-state index contributed by atoms with van der Waals surface area (Å²) in [6.45, 7) is 0.272. The lowest BCUT2D eigenvalue weighted by molar-refractivity contribution is 0.0706. The molecule has 0 radical (unpaired) electrons. The molecule has 0 bridgehead atoms. The van der Waals surface area contributed by atoms with Gasteiger partial charge in [0.2, 0.25) is 0 Å². The number of hydroxylamine groups is 1. The monoisotopic (exact) mass is 363 g/mol. The first-order valence-electron chi connectivity index (χ1n) is 8.14. The van der Waals surface area contributed by atoms with Crippen molar-refractivity contribution < 1.29 is 19.9 Å². The lowest BCUT2D eigenvalue weighted by Gasteiger charge is -2.08. The summed E-state index contributed by atoms with van der Waals surface area (Å²) in [5, 5.41) is 21.3. The minimum absolute atomic E-state index is 0.0922. The summed E-state index contributed by atoms with van der Waals surface area (Å²) >= 11 is 0. The minimum Gasteiger partial charge on any atom is -0.507 e. The van der Waals surface area contributed by atoms with Gasteiger partial charge < -0.3 is 10.4 Å². The molecule has 0 aliphatic rings. The molecule has 136 valence electrons. The standard InChI is InChI=1S/C20H17N3O4/c24-18-4-2-1-3-16(18)17-11-15(9-10-21-17)19(25)22-12-13-5-7-14(8-6-13)20(26)23-27/h1-11,24,27H,12H2,(H,22,25)(H,23,26). The number of aromatic hydroxyl groups is 1. The highest BCUT2D eigenvalue weighted by Crippen LogP contribution is 2.27. The van der Waals surface area contributed by atoms with Crippen molar-refractivity contribution in [1.29, 1.82) is 0 Å². The fraction of sp³-hybridized carbons (Fsp3) is 0.0500. The summed E-state index contributed by atoms with van der Waals surface area (Å²) in [7, 11) is 0. The van der Waals surface area contributed by atoms with Gasteiger partial charge in [0.05, 0.1) is 5.69 Å². The van der Waals surface area contributed by atoms with E-state index in [1.165, 1.54) is 6.20 Å². The highest BCUT2D eigenvalue weighted by atomic mass is 16.5. The fourth-order valence-electron chi connectivity index (χ4n) is 2.53. The van der Waals surface area contributed by atoms with Crippen molar-refractivity contribution in [1.82, 2.24) is 15.8 Å². The number of amides is 2. The van der Waals surface area contributed by atoms with Gasteiger partial charge in [0.1, 0.15) is 5.75 Å². The third-order valence-corrected chi connectivity index (χ3v) is 3.97. The van der Waals surface area contributed by atoms with Crippen molar-refractivity contribution in [2.75, 3.05) is 0 Å². The molecule has 2 amide bonds. The zero-order valence-corrected chi connectivity index (χ0v) is 14.2. The van der Waals surface area contributed by atoms with Crippen LogP contribution in [-0.2, 0) is 6.54 Å². The highest BCUT2D eigenvalue weighted by Gasteiger charge is 2.10. The number of benzene rings is 2. The van der Waals surface area contributed by atoms with E-state index in [2.05, 4.69) is 10.3 Å². The maximum Gasteiger partial charge on any atom is 0.274 e. The fourth-order valence-corrected chi connectivity index (χ4v) is 2.53. The smallest absolute Gasteiger partial charge is 0.274 e. The molecule has 4 N–H and O–H groups in total. The van der Waals surface area contributed by atoms with Crippen molar-refractivity contribution in [3.8, 4) is 17.0 Å². The molecule has 7 nitrogen and oxygen atoms in total. The Morgan fingerprint density at radius 2 is 1.67 bits per heavy atom. The number of hydrogen-bond donors (Lipinski definition) is 4. The van der Waals surface area contributed by atoms with Crippen LogP contribution in [0.4, 0.5) is 0 Å². The van der Waals surface area contributed by atoms with Crippen LogP contribution in [0.1, 0.15) is 26.3 Å². The molecule has 3 rings (SSSR count). The van der Waals surface area contributed by atoms with Gasteiger partial charge >= 0.3 is 0 Å². The Bertz CT molecular complexity index is 971. The molecule has 27 heavy (non-hydrogen) atoms. The average molecular weight is 363 g/mol. The first-order chi connectivity index (χ1) is 13.1. The van der Waals surface area contributed by atoms with E-state index in [0.29, 0.717) is 22.4 Å². The van der Waals surface area contributed by atoms with Gasteiger partial charge in [0.25, 0.3) is 11.8 Å². The number of carbonyl (C=O) groups excluding carboxylic acids is 2. The third kappa shape index (κ3) is 4.28. The molecule has 3 aromatic rings. The summed E-state index contributed by atoms with van der Waals surface area (Å²) < 4.78 is 0. The van der Waals surface area contributed by atoms with E-state index < -0.39 is 5.91 Å². The molecule has 0 aliphatic heterocycles. The second-order valence-electron chi connectivity index (χ2n) is 5.77. The minimum atomic E-state index is -0.598. The van der Waals surface area contributed by atoms with Gasteiger partial charge in [-0.15, -0.1) is 0 Å². The number of carbonyl (C=O) groups is 2. The van der Waals surface area contributed by atoms with E-state index in [0.717, 1.165) is 5.56 Å². The highest BCUT2D eigenvalue weighted by molar-refractivity contribution is 5.95. The molecule has 1 heterocycles. The Labute approximate surface area is 155 Å². The predicted octanol–water partition coefficient (Wildman–Crippen LogP) is 2.50. The number of nitrogens with one attached hydrogen (secondary N) is 2. The summed E-state index contributed by atoms with van der Waals surface area (Å²) in [6, 6.07) is 16.5. The summed E-state index contributed by atoms with van der Waals surface area (Å²) in [6.07, 6.45) is 1.51. The zero-order valence-electron chi connectivity index (χ0n) is 14.2. The van der Waals surface area contributed by atoms with Crippen molar-refractivity contribution in [2.24, 2.45) is 0 Å². The van der Waals surface area contributed by atoms with Gasteiger partial charge in [-0.2, -0.15) is 0 Å². The molecular weight excluding hydrogens is 346 g/mol. The molecule has 7 heteroatoms. The first-order valence-corrected chi connectivity index (χ1v) is 8.14. The van der Waals surface area contributed by atoms with E-state index in [9.17, 15) is 14.7 Å². The molecule has 0 aliphatic carbocycles. The SMILES string of the molecule is O=C(NO)c1ccc(CNC(=O)c2ccnc(-c3ccccc3O)c2)cc1. The van der Waals surface area contributed by atoms with Crippen LogP contribution in [-0.4, -0.2) is 27.1 Å². The van der Waals surface area contributed by atoms with Crippen LogP contribution >= 0.6 is 0 Å². The lowest BCUT2D eigenvalue weighted by Crippen LogP contribution is -2.23. The van der Waals surface area contributed by atoms with E-state index in [4.69, 9.17) is 5.21 Å². The Kier molecular flexibility index (Phi) is 5.44.